The molecule has 2 aliphatic heterocycles. The van der Waals surface area contributed by atoms with Crippen molar-refractivity contribution in [2.24, 2.45) is 0 Å². The van der Waals surface area contributed by atoms with Crippen LogP contribution in [-0.4, -0.2) is 44.5 Å². The second-order valence-corrected chi connectivity index (χ2v) is 7.72. The topological polar surface area (TPSA) is 66.0 Å². The maximum Gasteiger partial charge on any atom is 0.255 e. The highest BCUT2D eigenvalue weighted by Gasteiger charge is 2.17. The van der Waals surface area contributed by atoms with Crippen molar-refractivity contribution in [3.63, 3.8) is 0 Å². The second-order valence-electron chi connectivity index (χ2n) is 7.72. The van der Waals surface area contributed by atoms with Gasteiger partial charge in [-0.15, -0.1) is 0 Å². The predicted octanol–water partition coefficient (Wildman–Crippen LogP) is 4.44. The lowest BCUT2D eigenvalue weighted by Gasteiger charge is -2.23. The average molecular weight is 411 g/mol. The van der Waals surface area contributed by atoms with Crippen molar-refractivity contribution in [1.29, 1.82) is 0 Å². The first kappa shape index (κ1) is 20.7. The first-order valence-corrected chi connectivity index (χ1v) is 10.8. The molecule has 2 fully saturated rings. The minimum absolute atomic E-state index is 0.115. The summed E-state index contributed by atoms with van der Waals surface area (Å²) in [5.74, 6) is 1.19. The van der Waals surface area contributed by atoms with E-state index < -0.39 is 0 Å². The van der Waals surface area contributed by atoms with Crippen molar-refractivity contribution in [2.45, 2.75) is 44.3 Å². The van der Waals surface area contributed by atoms with Crippen molar-refractivity contribution in [2.75, 3.05) is 31.7 Å². The Bertz CT molecular complexity index is 811. The summed E-state index contributed by atoms with van der Waals surface area (Å²) < 4.78 is 23.0. The maximum absolute atomic E-state index is 12.7. The molecule has 2 aliphatic rings. The Morgan fingerprint density at radius 2 is 1.57 bits per heavy atom. The summed E-state index contributed by atoms with van der Waals surface area (Å²) in [5.41, 5.74) is 1.21. The molecule has 6 nitrogen and oxygen atoms in total. The molecular weight excluding hydrogens is 382 g/mol. The van der Waals surface area contributed by atoms with E-state index in [0.29, 0.717) is 30.2 Å². The molecule has 0 aliphatic carbocycles. The van der Waals surface area contributed by atoms with Crippen LogP contribution in [0.25, 0.3) is 0 Å². The summed E-state index contributed by atoms with van der Waals surface area (Å²) in [4.78, 5) is 12.7. The van der Waals surface area contributed by atoms with Crippen LogP contribution in [0.1, 0.15) is 42.5 Å². The molecule has 30 heavy (non-hydrogen) atoms. The SMILES string of the molecule is O=C(Nc1ccccc1OCC1CCCCO1)c1ccc(OCC2CCCO2)cc1. The van der Waals surface area contributed by atoms with Gasteiger partial charge in [-0.2, -0.15) is 0 Å². The van der Waals surface area contributed by atoms with Gasteiger partial charge in [0.2, 0.25) is 0 Å². The molecule has 1 amide bonds. The maximum atomic E-state index is 12.7. The summed E-state index contributed by atoms with van der Waals surface area (Å²) in [7, 11) is 0. The van der Waals surface area contributed by atoms with E-state index in [1.54, 1.807) is 12.1 Å². The van der Waals surface area contributed by atoms with Gasteiger partial charge >= 0.3 is 0 Å². The number of para-hydroxylation sites is 2. The van der Waals surface area contributed by atoms with Gasteiger partial charge in [0.05, 0.1) is 17.9 Å². The highest BCUT2D eigenvalue weighted by Crippen LogP contribution is 2.26. The van der Waals surface area contributed by atoms with Crippen molar-refractivity contribution in [3.8, 4) is 11.5 Å². The summed E-state index contributed by atoms with van der Waals surface area (Å²) >= 11 is 0. The lowest BCUT2D eigenvalue weighted by Crippen LogP contribution is -2.26. The fourth-order valence-corrected chi connectivity index (χ4v) is 3.68. The highest BCUT2D eigenvalue weighted by atomic mass is 16.5. The molecule has 2 saturated heterocycles. The van der Waals surface area contributed by atoms with Crippen LogP contribution in [0.15, 0.2) is 48.5 Å². The number of amides is 1. The molecule has 1 N–H and O–H groups in total. The third kappa shape index (κ3) is 5.74. The van der Waals surface area contributed by atoms with Gasteiger partial charge in [-0.1, -0.05) is 12.1 Å². The van der Waals surface area contributed by atoms with E-state index in [2.05, 4.69) is 5.32 Å². The van der Waals surface area contributed by atoms with E-state index in [0.717, 1.165) is 44.6 Å². The van der Waals surface area contributed by atoms with Gasteiger partial charge in [0.1, 0.15) is 24.7 Å². The van der Waals surface area contributed by atoms with Crippen LogP contribution in [0, 0.1) is 0 Å². The van der Waals surface area contributed by atoms with Crippen LogP contribution in [-0.2, 0) is 9.47 Å². The number of carbonyl (C=O) groups excluding carboxylic acids is 1. The molecule has 0 saturated carbocycles. The number of anilines is 1. The number of nitrogens with one attached hydrogen (secondary N) is 1. The molecule has 2 atom stereocenters. The van der Waals surface area contributed by atoms with E-state index in [4.69, 9.17) is 18.9 Å². The minimum atomic E-state index is -0.189. The van der Waals surface area contributed by atoms with Crippen LogP contribution >= 0.6 is 0 Å². The van der Waals surface area contributed by atoms with Crippen LogP contribution in [0.3, 0.4) is 0 Å². The Hall–Kier alpha value is -2.57. The van der Waals surface area contributed by atoms with Crippen molar-refractivity contribution in [3.05, 3.63) is 54.1 Å². The smallest absolute Gasteiger partial charge is 0.255 e. The van der Waals surface area contributed by atoms with E-state index in [1.165, 1.54) is 6.42 Å². The van der Waals surface area contributed by atoms with Crippen LogP contribution in [0.2, 0.25) is 0 Å². The average Bonchev–Trinajstić information content (AvgIpc) is 3.32. The fraction of sp³-hybridized carbons (Fsp3) is 0.458. The summed E-state index contributed by atoms with van der Waals surface area (Å²) in [6, 6.07) is 14.6. The fourth-order valence-electron chi connectivity index (χ4n) is 3.68. The first-order valence-electron chi connectivity index (χ1n) is 10.8. The molecule has 0 spiro atoms. The molecule has 4 rings (SSSR count). The number of ether oxygens (including phenoxy) is 4. The van der Waals surface area contributed by atoms with E-state index >= 15 is 0 Å². The Morgan fingerprint density at radius 1 is 0.867 bits per heavy atom. The number of carbonyl (C=O) groups is 1. The molecule has 0 bridgehead atoms. The Labute approximate surface area is 177 Å². The zero-order chi connectivity index (χ0) is 20.6. The standard InChI is InChI=1S/C24H29NO5/c26-24(18-10-12-19(13-11-18)29-16-21-7-5-15-28-21)25-22-8-1-2-9-23(22)30-17-20-6-3-4-14-27-20/h1-2,8-13,20-21H,3-7,14-17H2,(H,25,26). The predicted molar refractivity (Wildman–Crippen MR) is 114 cm³/mol. The quantitative estimate of drug-likeness (QED) is 0.695. The lowest BCUT2D eigenvalue weighted by molar-refractivity contribution is -0.0109. The summed E-state index contributed by atoms with van der Waals surface area (Å²) in [5, 5.41) is 2.95. The van der Waals surface area contributed by atoms with Gasteiger partial charge in [-0.05, 0) is 68.5 Å². The summed E-state index contributed by atoms with van der Waals surface area (Å²) in [6.45, 7) is 2.64. The number of hydrogen-bond donors (Lipinski definition) is 1. The lowest BCUT2D eigenvalue weighted by atomic mass is 10.1. The van der Waals surface area contributed by atoms with Crippen molar-refractivity contribution >= 4 is 11.6 Å². The van der Waals surface area contributed by atoms with Gasteiger partial charge in [0.25, 0.3) is 5.91 Å². The zero-order valence-electron chi connectivity index (χ0n) is 17.2. The van der Waals surface area contributed by atoms with Crippen molar-refractivity contribution < 1.29 is 23.7 Å². The minimum Gasteiger partial charge on any atom is -0.491 e. The molecule has 0 aromatic heterocycles. The third-order valence-corrected chi connectivity index (χ3v) is 5.41. The second kappa shape index (κ2) is 10.5. The van der Waals surface area contributed by atoms with Gasteiger partial charge < -0.3 is 24.3 Å². The molecule has 2 aromatic rings. The molecule has 2 heterocycles. The van der Waals surface area contributed by atoms with Gasteiger partial charge in [0, 0.05) is 18.8 Å². The van der Waals surface area contributed by atoms with Gasteiger partial charge in [0.15, 0.2) is 0 Å². The van der Waals surface area contributed by atoms with E-state index in [-0.39, 0.29) is 18.1 Å². The summed E-state index contributed by atoms with van der Waals surface area (Å²) in [6.07, 6.45) is 5.70. The molecule has 6 heteroatoms. The zero-order valence-corrected chi connectivity index (χ0v) is 17.2. The molecule has 2 aromatic carbocycles. The monoisotopic (exact) mass is 411 g/mol. The van der Waals surface area contributed by atoms with Gasteiger partial charge in [-0.25, -0.2) is 0 Å². The highest BCUT2D eigenvalue weighted by molar-refractivity contribution is 6.05. The molecule has 0 radical (unpaired) electrons. The van der Waals surface area contributed by atoms with Crippen molar-refractivity contribution in [1.82, 2.24) is 0 Å². The Balaban J connectivity index is 1.31. The number of hydrogen-bond acceptors (Lipinski definition) is 5. The van der Waals surface area contributed by atoms with E-state index in [9.17, 15) is 4.79 Å². The number of benzene rings is 2. The van der Waals surface area contributed by atoms with Gasteiger partial charge in [-0.3, -0.25) is 4.79 Å². The Kier molecular flexibility index (Phi) is 7.21. The van der Waals surface area contributed by atoms with Crippen LogP contribution in [0.4, 0.5) is 5.69 Å². The largest absolute Gasteiger partial charge is 0.491 e. The van der Waals surface area contributed by atoms with Crippen LogP contribution in [0.5, 0.6) is 11.5 Å². The first-order chi connectivity index (χ1) is 14.8. The third-order valence-electron chi connectivity index (χ3n) is 5.41. The normalized spacial score (nSPS) is 21.2. The van der Waals surface area contributed by atoms with E-state index in [1.807, 2.05) is 36.4 Å². The molecule has 2 unspecified atom stereocenters. The number of rotatable bonds is 8. The Morgan fingerprint density at radius 3 is 2.30 bits per heavy atom. The van der Waals surface area contributed by atoms with Crippen LogP contribution < -0.4 is 14.8 Å². The molecule has 160 valence electrons. The molecular formula is C24H29NO5.